The van der Waals surface area contributed by atoms with Crippen LogP contribution in [0.5, 0.6) is 0 Å². The van der Waals surface area contributed by atoms with Crippen molar-refractivity contribution in [1.29, 1.82) is 0 Å². The van der Waals surface area contributed by atoms with Crippen molar-refractivity contribution in [3.63, 3.8) is 0 Å². The van der Waals surface area contributed by atoms with E-state index in [0.29, 0.717) is 11.4 Å². The summed E-state index contributed by atoms with van der Waals surface area (Å²) in [5.41, 5.74) is 2.60. The van der Waals surface area contributed by atoms with E-state index in [4.69, 9.17) is 0 Å². The molecule has 4 aromatic rings. The molecule has 3 heterocycles. The summed E-state index contributed by atoms with van der Waals surface area (Å²) in [6.07, 6.45) is 6.81. The monoisotopic (exact) mass is 346 g/mol. The van der Waals surface area contributed by atoms with E-state index in [0.717, 1.165) is 27.9 Å². The number of nitrogens with zero attached hydrogens (tertiary/aromatic N) is 5. The summed E-state index contributed by atoms with van der Waals surface area (Å²) in [5, 5.41) is 8.83. The van der Waals surface area contributed by atoms with Gasteiger partial charge in [0.15, 0.2) is 0 Å². The molecule has 0 fully saturated rings. The average Bonchev–Trinajstić information content (AvgIpc) is 3.21. The number of aromatic nitrogens is 5. The van der Waals surface area contributed by atoms with Crippen LogP contribution < -0.4 is 5.32 Å². The normalized spacial score (nSPS) is 11.0. The Morgan fingerprint density at radius 2 is 1.88 bits per heavy atom. The number of fused-ring (bicyclic) bond motifs is 1. The van der Waals surface area contributed by atoms with Gasteiger partial charge in [0.25, 0.3) is 5.91 Å². The molecule has 0 spiro atoms. The summed E-state index contributed by atoms with van der Waals surface area (Å²) < 4.78 is 3.64. The Kier molecular flexibility index (Phi) is 3.76. The second-order valence-corrected chi connectivity index (χ2v) is 6.24. The third-order valence-electron chi connectivity index (χ3n) is 4.45. The van der Waals surface area contributed by atoms with Crippen LogP contribution in [0.2, 0.25) is 0 Å². The summed E-state index contributed by atoms with van der Waals surface area (Å²) in [7, 11) is 3.76. The van der Waals surface area contributed by atoms with Gasteiger partial charge in [-0.3, -0.25) is 9.48 Å². The molecular weight excluding hydrogens is 328 g/mol. The maximum absolute atomic E-state index is 12.3. The number of benzene rings is 1. The van der Waals surface area contributed by atoms with Gasteiger partial charge < -0.3 is 9.88 Å². The Morgan fingerprint density at radius 3 is 2.58 bits per heavy atom. The lowest BCUT2D eigenvalue weighted by atomic mass is 10.1. The summed E-state index contributed by atoms with van der Waals surface area (Å²) in [6, 6.07) is 8.02. The molecule has 1 amide bonds. The third kappa shape index (κ3) is 2.83. The molecule has 0 aliphatic rings. The minimum absolute atomic E-state index is 0.233. The number of carbonyl (C=O) groups excluding carboxylic acids is 1. The molecule has 0 saturated carbocycles. The van der Waals surface area contributed by atoms with Gasteiger partial charge in [-0.25, -0.2) is 9.97 Å². The SMILES string of the molecule is Cc1ncc(-c2ccc3cnc(NC(=O)c4cnn(C)c4)cc3c2)n1C. The first-order valence-electron chi connectivity index (χ1n) is 8.20. The zero-order valence-electron chi connectivity index (χ0n) is 14.8. The van der Waals surface area contributed by atoms with Crippen molar-refractivity contribution in [3.05, 3.63) is 60.4 Å². The van der Waals surface area contributed by atoms with E-state index in [1.807, 2.05) is 42.9 Å². The summed E-state index contributed by atoms with van der Waals surface area (Å²) in [6.45, 7) is 1.97. The van der Waals surface area contributed by atoms with E-state index >= 15 is 0 Å². The largest absolute Gasteiger partial charge is 0.331 e. The summed E-state index contributed by atoms with van der Waals surface area (Å²) >= 11 is 0. The maximum Gasteiger partial charge on any atom is 0.260 e. The van der Waals surface area contributed by atoms with E-state index in [2.05, 4.69) is 26.4 Å². The second-order valence-electron chi connectivity index (χ2n) is 6.24. The van der Waals surface area contributed by atoms with Crippen LogP contribution in [0.15, 0.2) is 49.1 Å². The number of rotatable bonds is 3. The van der Waals surface area contributed by atoms with Crippen LogP contribution in [0.4, 0.5) is 5.82 Å². The number of anilines is 1. The molecule has 0 radical (unpaired) electrons. The molecule has 130 valence electrons. The van der Waals surface area contributed by atoms with Gasteiger partial charge in [-0.1, -0.05) is 12.1 Å². The van der Waals surface area contributed by atoms with Crippen LogP contribution in [0.1, 0.15) is 16.2 Å². The van der Waals surface area contributed by atoms with Crippen molar-refractivity contribution in [2.75, 3.05) is 5.32 Å². The second kappa shape index (κ2) is 6.11. The van der Waals surface area contributed by atoms with Crippen molar-refractivity contribution in [3.8, 4) is 11.3 Å². The Hall–Kier alpha value is -3.48. The quantitative estimate of drug-likeness (QED) is 0.619. The number of pyridine rings is 1. The zero-order valence-corrected chi connectivity index (χ0v) is 14.8. The van der Waals surface area contributed by atoms with Crippen molar-refractivity contribution in [2.24, 2.45) is 14.1 Å². The lowest BCUT2D eigenvalue weighted by molar-refractivity contribution is 0.102. The van der Waals surface area contributed by atoms with E-state index in [-0.39, 0.29) is 5.91 Å². The molecule has 7 nitrogen and oxygen atoms in total. The number of aryl methyl sites for hydroxylation is 2. The first-order chi connectivity index (χ1) is 12.5. The van der Waals surface area contributed by atoms with Crippen LogP contribution >= 0.6 is 0 Å². The fourth-order valence-electron chi connectivity index (χ4n) is 2.87. The van der Waals surface area contributed by atoms with Crippen molar-refractivity contribution in [2.45, 2.75) is 6.92 Å². The average molecular weight is 346 g/mol. The van der Waals surface area contributed by atoms with Crippen LogP contribution in [0.25, 0.3) is 22.0 Å². The maximum atomic E-state index is 12.3. The number of carbonyl (C=O) groups is 1. The zero-order chi connectivity index (χ0) is 18.3. The van der Waals surface area contributed by atoms with Gasteiger partial charge in [0.2, 0.25) is 0 Å². The van der Waals surface area contributed by atoms with Crippen LogP contribution in [-0.2, 0) is 14.1 Å². The minimum Gasteiger partial charge on any atom is -0.331 e. The lowest BCUT2D eigenvalue weighted by Gasteiger charge is -2.08. The number of hydrogen-bond acceptors (Lipinski definition) is 4. The Balaban J connectivity index is 1.67. The molecule has 0 atom stereocenters. The highest BCUT2D eigenvalue weighted by Crippen LogP contribution is 2.25. The predicted octanol–water partition coefficient (Wildman–Crippen LogP) is 2.93. The van der Waals surface area contributed by atoms with Crippen molar-refractivity contribution in [1.82, 2.24) is 24.3 Å². The molecule has 1 N–H and O–H groups in total. The highest BCUT2D eigenvalue weighted by molar-refractivity contribution is 6.04. The molecular formula is C19H18N6O. The highest BCUT2D eigenvalue weighted by atomic mass is 16.1. The topological polar surface area (TPSA) is 77.6 Å². The summed E-state index contributed by atoms with van der Waals surface area (Å²) in [4.78, 5) is 21.0. The predicted molar refractivity (Wildman–Crippen MR) is 99.8 cm³/mol. The Labute approximate surface area is 150 Å². The molecule has 4 rings (SSSR count). The number of amides is 1. The highest BCUT2D eigenvalue weighted by Gasteiger charge is 2.10. The fraction of sp³-hybridized carbons (Fsp3) is 0.158. The van der Waals surface area contributed by atoms with Crippen LogP contribution in [-0.4, -0.2) is 30.2 Å². The molecule has 0 aliphatic carbocycles. The third-order valence-corrected chi connectivity index (χ3v) is 4.45. The molecule has 1 aromatic carbocycles. The molecule has 0 bridgehead atoms. The first kappa shape index (κ1) is 16.0. The van der Waals surface area contributed by atoms with Gasteiger partial charge in [0.05, 0.1) is 23.7 Å². The van der Waals surface area contributed by atoms with Crippen molar-refractivity contribution >= 4 is 22.5 Å². The fourth-order valence-corrected chi connectivity index (χ4v) is 2.87. The molecule has 26 heavy (non-hydrogen) atoms. The number of imidazole rings is 1. The summed E-state index contributed by atoms with van der Waals surface area (Å²) in [5.74, 6) is 1.23. The Bertz CT molecular complexity index is 1120. The smallest absolute Gasteiger partial charge is 0.260 e. The van der Waals surface area contributed by atoms with Crippen molar-refractivity contribution < 1.29 is 4.79 Å². The first-order valence-corrected chi connectivity index (χ1v) is 8.20. The molecule has 7 heteroatoms. The van der Waals surface area contributed by atoms with E-state index in [1.165, 1.54) is 6.20 Å². The molecule has 0 saturated heterocycles. The van der Waals surface area contributed by atoms with Gasteiger partial charge in [-0.15, -0.1) is 0 Å². The van der Waals surface area contributed by atoms with Gasteiger partial charge in [-0.2, -0.15) is 5.10 Å². The van der Waals surface area contributed by atoms with Gasteiger partial charge in [0, 0.05) is 37.4 Å². The van der Waals surface area contributed by atoms with E-state index in [9.17, 15) is 4.79 Å². The lowest BCUT2D eigenvalue weighted by Crippen LogP contribution is -2.12. The minimum atomic E-state index is -0.233. The Morgan fingerprint density at radius 1 is 1.04 bits per heavy atom. The standard InChI is InChI=1S/C19H18N6O/c1-12-20-10-17(25(12)3)13-4-5-14-8-21-18(7-15(14)6-13)23-19(26)16-9-22-24(2)11-16/h4-11H,1-3H3,(H,21,23,26). The molecule has 0 aliphatic heterocycles. The van der Waals surface area contributed by atoms with Gasteiger partial charge >= 0.3 is 0 Å². The van der Waals surface area contributed by atoms with E-state index in [1.54, 1.807) is 24.1 Å². The van der Waals surface area contributed by atoms with Crippen LogP contribution in [0, 0.1) is 6.92 Å². The number of hydrogen-bond donors (Lipinski definition) is 1. The van der Waals surface area contributed by atoms with Crippen LogP contribution in [0.3, 0.4) is 0 Å². The molecule has 3 aromatic heterocycles. The van der Waals surface area contributed by atoms with Gasteiger partial charge in [-0.05, 0) is 24.4 Å². The van der Waals surface area contributed by atoms with Gasteiger partial charge in [0.1, 0.15) is 11.6 Å². The van der Waals surface area contributed by atoms with E-state index < -0.39 is 0 Å². The molecule has 0 unspecified atom stereocenters. The number of nitrogens with one attached hydrogen (secondary N) is 1.